The van der Waals surface area contributed by atoms with Crippen molar-refractivity contribution in [3.8, 4) is 28.7 Å². The summed E-state index contributed by atoms with van der Waals surface area (Å²) < 4.78 is 65.8. The molecule has 0 bridgehead atoms. The van der Waals surface area contributed by atoms with Gasteiger partial charge in [-0.1, -0.05) is 24.3 Å². The molecule has 0 aliphatic rings. The zero-order valence-electron chi connectivity index (χ0n) is 41.9. The molecule has 0 fully saturated rings. The van der Waals surface area contributed by atoms with E-state index in [0.29, 0.717) is 87.1 Å². The quantitative estimate of drug-likeness (QED) is 0.0136. The summed E-state index contributed by atoms with van der Waals surface area (Å²) in [5, 5.41) is 46.8. The number of hydrogen-bond donors (Lipinski definition) is 14. The summed E-state index contributed by atoms with van der Waals surface area (Å²) in [7, 11) is -6.72. The van der Waals surface area contributed by atoms with Gasteiger partial charge >= 0.3 is 23.5 Å². The van der Waals surface area contributed by atoms with E-state index in [1.807, 2.05) is 40.2 Å². The van der Waals surface area contributed by atoms with Gasteiger partial charge in [-0.3, -0.25) is 70.5 Å². The highest BCUT2D eigenvalue weighted by Crippen LogP contribution is 2.45. The molecule has 20 N–H and O–H groups in total. The van der Waals surface area contributed by atoms with Crippen molar-refractivity contribution in [3.05, 3.63) is 76.9 Å². The second-order valence-electron chi connectivity index (χ2n) is 17.6. The van der Waals surface area contributed by atoms with E-state index >= 15 is 0 Å². The lowest BCUT2D eigenvalue weighted by Gasteiger charge is -2.34. The highest BCUT2D eigenvalue weighted by atomic mass is 31.2. The number of phosphoric acid groups is 3. The summed E-state index contributed by atoms with van der Waals surface area (Å²) in [5.74, 6) is -0.539. The van der Waals surface area contributed by atoms with Gasteiger partial charge in [0.2, 0.25) is 0 Å². The molecule has 0 saturated carbocycles. The first-order valence-corrected chi connectivity index (χ1v) is 27.5. The lowest BCUT2D eigenvalue weighted by molar-refractivity contribution is -0.927. The minimum Gasteiger partial charge on any atom is -0.508 e. The topological polar surface area (TPSA) is 425 Å². The Hall–Kier alpha value is -3.37. The summed E-state index contributed by atoms with van der Waals surface area (Å²) >= 11 is 0. The van der Waals surface area contributed by atoms with Gasteiger partial charge in [-0.2, -0.15) is 0 Å². The maximum absolute atomic E-state index is 11.8. The SMILES string of the molecule is C[N+](C)(CN)CCOP(=O)(O)OCCCc1ccc(O)c(O)c1.C[N+](CN)(CN)CCOP(=O)(O)OCCCc1ccc(O)c(O)c1.Cc1ccc(CCCOP(=O)(O)OCC[N+](CN)(CN)CN)cc1O. The Morgan fingerprint density at radius 1 is 0.431 bits per heavy atom. The van der Waals surface area contributed by atoms with E-state index in [1.165, 1.54) is 24.3 Å². The van der Waals surface area contributed by atoms with Crippen LogP contribution >= 0.6 is 23.5 Å². The number of phosphoric ester groups is 3. The van der Waals surface area contributed by atoms with E-state index in [1.54, 1.807) is 18.2 Å². The minimum absolute atomic E-state index is 0.00448. The van der Waals surface area contributed by atoms with Gasteiger partial charge < -0.3 is 44.7 Å². The standard InChI is InChI=1S/C15H29N4O5P.C14H26N3O6P.C14H25N2O6P/c1-13-4-5-14(9-15(13)20)3-2-7-23-25(21,22)24-8-6-19(10-16,11-17)12-18;1-17(10-15,11-16)6-8-23-24(20,21)22-7-2-3-12-4-5-13(18)14(19)9-12;1-16(2,11-15)7-9-22-23(19,20)21-8-3-4-12-5-6-13(17)14(18)10-12/h4-5,9H,2-3,6-8,10-12,16-18H2,1H3,(H-,20,21,22);4-5,9H,2-3,6-8,10-11,15-16H2,1H3,(H2-,18,19,20,21);5-6,10H,3-4,7-9,11,15H2,1-2H3,(H2-,17,18,19,20)/p+3. The fourth-order valence-corrected chi connectivity index (χ4v) is 7.96. The van der Waals surface area contributed by atoms with Gasteiger partial charge in [-0.15, -0.1) is 0 Å². The monoisotopic (exact) mass is 1090 g/mol. The van der Waals surface area contributed by atoms with Gasteiger partial charge in [-0.25, -0.2) is 13.7 Å². The van der Waals surface area contributed by atoms with Gasteiger partial charge in [0, 0.05) is 0 Å². The molecule has 72 heavy (non-hydrogen) atoms. The highest BCUT2D eigenvalue weighted by molar-refractivity contribution is 7.47. The summed E-state index contributed by atoms with van der Waals surface area (Å²) in [6.07, 6.45) is 3.11. The molecule has 3 unspecified atom stereocenters. The van der Waals surface area contributed by atoms with Crippen molar-refractivity contribution in [1.29, 1.82) is 0 Å². The number of aromatic hydroxyl groups is 5. The highest BCUT2D eigenvalue weighted by Gasteiger charge is 2.27. The van der Waals surface area contributed by atoms with E-state index in [0.717, 1.165) is 22.3 Å². The van der Waals surface area contributed by atoms with Crippen LogP contribution in [-0.4, -0.2) is 174 Å². The van der Waals surface area contributed by atoms with Gasteiger partial charge in [0.15, 0.2) is 23.0 Å². The second kappa shape index (κ2) is 32.8. The van der Waals surface area contributed by atoms with Crippen LogP contribution in [0, 0.1) is 6.92 Å². The summed E-state index contributed by atoms with van der Waals surface area (Å²) in [6, 6.07) is 14.4. The Morgan fingerprint density at radius 3 is 1.10 bits per heavy atom. The molecule has 29 heteroatoms. The minimum atomic E-state index is -4.13. The molecule has 0 aliphatic carbocycles. The molecule has 0 amide bonds. The van der Waals surface area contributed by atoms with Crippen LogP contribution in [0.5, 0.6) is 28.7 Å². The van der Waals surface area contributed by atoms with Crippen LogP contribution in [0.15, 0.2) is 54.6 Å². The first kappa shape index (κ1) is 66.6. The molecule has 3 aromatic rings. The van der Waals surface area contributed by atoms with Crippen LogP contribution in [-0.2, 0) is 60.1 Å². The van der Waals surface area contributed by atoms with Crippen molar-refractivity contribution in [2.75, 3.05) is 120 Å². The van der Waals surface area contributed by atoms with Crippen molar-refractivity contribution in [2.24, 2.45) is 34.4 Å². The van der Waals surface area contributed by atoms with E-state index in [9.17, 15) is 53.9 Å². The lowest BCUT2D eigenvalue weighted by atomic mass is 10.1. The number of aryl methyl sites for hydroxylation is 4. The molecule has 3 rings (SSSR count). The maximum Gasteiger partial charge on any atom is 0.472 e. The Morgan fingerprint density at radius 2 is 0.764 bits per heavy atom. The number of likely N-dealkylation sites (N-methyl/N-ethyl adjacent to an activating group) is 2. The van der Waals surface area contributed by atoms with Crippen molar-refractivity contribution in [1.82, 2.24) is 0 Å². The maximum atomic E-state index is 11.8. The lowest BCUT2D eigenvalue weighted by Crippen LogP contribution is -2.59. The molecule has 414 valence electrons. The predicted molar refractivity (Wildman–Crippen MR) is 270 cm³/mol. The normalized spacial score (nSPS) is 14.5. The number of benzene rings is 3. The predicted octanol–water partition coefficient (Wildman–Crippen LogP) is 1.93. The molecular formula is C43H83N9O17P3+3. The first-order valence-electron chi connectivity index (χ1n) is 23.0. The van der Waals surface area contributed by atoms with Gasteiger partial charge in [-0.05, 0) is 98.0 Å². The number of phenolic OH excluding ortho intramolecular Hbond substituents is 5. The zero-order chi connectivity index (χ0) is 54.7. The Balaban J connectivity index is 0.000000540. The third-order valence-corrected chi connectivity index (χ3v) is 14.2. The summed E-state index contributed by atoms with van der Waals surface area (Å²) in [5.41, 5.74) is 36.9. The van der Waals surface area contributed by atoms with Crippen LogP contribution in [0.3, 0.4) is 0 Å². The molecule has 0 aromatic heterocycles. The van der Waals surface area contributed by atoms with Crippen LogP contribution in [0.2, 0.25) is 0 Å². The van der Waals surface area contributed by atoms with Gasteiger partial charge in [0.1, 0.15) is 85.2 Å². The van der Waals surface area contributed by atoms with E-state index in [2.05, 4.69) is 0 Å². The van der Waals surface area contributed by atoms with E-state index in [4.69, 9.17) is 61.5 Å². The van der Waals surface area contributed by atoms with Crippen molar-refractivity contribution in [2.45, 2.75) is 45.4 Å². The molecule has 26 nitrogen and oxygen atoms in total. The molecule has 0 aliphatic heterocycles. The smallest absolute Gasteiger partial charge is 0.472 e. The molecule has 3 aromatic carbocycles. The number of nitrogens with zero attached hydrogens (tertiary/aromatic N) is 3. The van der Waals surface area contributed by atoms with Gasteiger partial charge in [0.25, 0.3) is 0 Å². The Kier molecular flexibility index (Phi) is 30.4. The third-order valence-electron chi connectivity index (χ3n) is 11.1. The third kappa shape index (κ3) is 27.8. The molecule has 0 spiro atoms. The molecule has 0 heterocycles. The largest absolute Gasteiger partial charge is 0.508 e. The summed E-state index contributed by atoms with van der Waals surface area (Å²) in [4.78, 5) is 28.8. The molecule has 0 radical (unpaired) electrons. The van der Waals surface area contributed by atoms with Crippen molar-refractivity contribution >= 4 is 23.5 Å². The van der Waals surface area contributed by atoms with E-state index < -0.39 is 23.5 Å². The number of quaternary nitrogens is 3. The number of phenols is 5. The molecule has 0 saturated heterocycles. The fourth-order valence-electron chi connectivity index (χ4n) is 5.72. The van der Waals surface area contributed by atoms with Gasteiger partial charge in [0.05, 0.1) is 41.0 Å². The van der Waals surface area contributed by atoms with Crippen LogP contribution < -0.4 is 34.4 Å². The Bertz CT molecular complexity index is 2170. The van der Waals surface area contributed by atoms with Crippen LogP contribution in [0.1, 0.15) is 41.5 Å². The summed E-state index contributed by atoms with van der Waals surface area (Å²) in [6.45, 7) is 4.86. The van der Waals surface area contributed by atoms with Crippen molar-refractivity contribution < 1.29 is 94.5 Å². The average Bonchev–Trinajstić information content (AvgIpc) is 3.33. The number of nitrogens with two attached hydrogens (primary N) is 6. The Labute approximate surface area is 422 Å². The number of hydrogen-bond acceptors (Lipinski definition) is 20. The zero-order valence-corrected chi connectivity index (χ0v) is 44.6. The fraction of sp³-hybridized carbons (Fsp3) is 0.581. The second-order valence-corrected chi connectivity index (χ2v) is 22.0. The first-order chi connectivity index (χ1) is 33.6. The molecular weight excluding hydrogens is 1010 g/mol. The van der Waals surface area contributed by atoms with Crippen molar-refractivity contribution in [3.63, 3.8) is 0 Å². The molecule has 3 atom stereocenters. The van der Waals surface area contributed by atoms with E-state index in [-0.39, 0.29) is 92.9 Å². The van der Waals surface area contributed by atoms with Crippen LogP contribution in [0.4, 0.5) is 0 Å². The van der Waals surface area contributed by atoms with Crippen LogP contribution in [0.25, 0.3) is 0 Å². The average molecular weight is 1090 g/mol. The number of rotatable bonds is 33.